The van der Waals surface area contributed by atoms with Gasteiger partial charge in [-0.05, 0) is 6.42 Å². The second-order valence-corrected chi connectivity index (χ2v) is 4.67. The number of hydrogen-bond donors (Lipinski definition) is 2. The number of phosphoric ester groups is 1. The van der Waals surface area contributed by atoms with E-state index in [0.717, 1.165) is 12.8 Å². The molecule has 2 N–H and O–H groups in total. The van der Waals surface area contributed by atoms with Crippen LogP contribution in [0.5, 0.6) is 0 Å². The van der Waals surface area contributed by atoms with E-state index in [1.807, 2.05) is 6.92 Å². The van der Waals surface area contributed by atoms with Gasteiger partial charge in [-0.2, -0.15) is 0 Å². The van der Waals surface area contributed by atoms with Crippen molar-refractivity contribution >= 4 is 14.0 Å². The molecule has 1 atom stereocenters. The minimum Gasteiger partial charge on any atom is -0.450 e. The van der Waals surface area contributed by atoms with E-state index in [-0.39, 0.29) is 26.4 Å². The Bertz CT molecular complexity index is 269. The summed E-state index contributed by atoms with van der Waals surface area (Å²) in [6.07, 6.45) is 0.447. The first-order chi connectivity index (χ1) is 8.48. The monoisotopic (exact) mass is 286 g/mol. The molecule has 0 aromatic heterocycles. The summed E-state index contributed by atoms with van der Waals surface area (Å²) in [7, 11) is -4.16. The van der Waals surface area contributed by atoms with Crippen LogP contribution in [0.3, 0.4) is 0 Å². The van der Waals surface area contributed by atoms with Gasteiger partial charge in [0.25, 0.3) is 0 Å². The molecule has 0 amide bonds. The smallest absolute Gasteiger partial charge is 0.450 e. The second kappa shape index (κ2) is 10.3. The maximum Gasteiger partial charge on any atom is 0.505 e. The average Bonchev–Trinajstić information content (AvgIpc) is 2.29. The molecule has 0 rings (SSSR count). The van der Waals surface area contributed by atoms with Crippen molar-refractivity contribution in [3.05, 3.63) is 0 Å². The van der Waals surface area contributed by atoms with Crippen molar-refractivity contribution in [1.29, 1.82) is 0 Å². The van der Waals surface area contributed by atoms with Gasteiger partial charge < -0.3 is 19.5 Å². The maximum absolute atomic E-state index is 11.2. The number of hydrogen-bond acceptors (Lipinski definition) is 6. The first kappa shape index (κ1) is 17.3. The van der Waals surface area contributed by atoms with Gasteiger partial charge in [0.1, 0.15) is 6.61 Å². The van der Waals surface area contributed by atoms with Crippen LogP contribution in [0.15, 0.2) is 0 Å². The number of carboxylic acid groups (broad SMARTS) is 1. The molecular formula is C9H19O8P. The molecule has 0 heterocycles. The molecule has 18 heavy (non-hydrogen) atoms. The minimum absolute atomic E-state index is 0.0721. The highest BCUT2D eigenvalue weighted by Gasteiger charge is 2.20. The summed E-state index contributed by atoms with van der Waals surface area (Å²) in [4.78, 5) is 19.1. The molecule has 0 aliphatic carbocycles. The SMILES string of the molecule is CCCCOCCOP(=O)(O)OCCOC(=O)O. The van der Waals surface area contributed by atoms with E-state index in [9.17, 15) is 9.36 Å². The predicted molar refractivity (Wildman–Crippen MR) is 61.4 cm³/mol. The van der Waals surface area contributed by atoms with E-state index in [1.165, 1.54) is 0 Å². The van der Waals surface area contributed by atoms with Crippen LogP contribution >= 0.6 is 7.82 Å². The minimum atomic E-state index is -4.16. The van der Waals surface area contributed by atoms with Crippen LogP contribution in [0.4, 0.5) is 4.79 Å². The Morgan fingerprint density at radius 1 is 1.11 bits per heavy atom. The normalized spacial score (nSPS) is 14.1. The van der Waals surface area contributed by atoms with Crippen LogP contribution in [-0.4, -0.2) is 49.2 Å². The Kier molecular flexibility index (Phi) is 9.90. The third-order valence-corrected chi connectivity index (χ3v) is 2.71. The highest BCUT2D eigenvalue weighted by molar-refractivity contribution is 7.47. The zero-order chi connectivity index (χ0) is 13.9. The van der Waals surface area contributed by atoms with Gasteiger partial charge in [-0.25, -0.2) is 9.36 Å². The second-order valence-electron chi connectivity index (χ2n) is 3.22. The van der Waals surface area contributed by atoms with E-state index in [2.05, 4.69) is 13.8 Å². The van der Waals surface area contributed by atoms with Gasteiger partial charge in [-0.3, -0.25) is 9.05 Å². The predicted octanol–water partition coefficient (Wildman–Crippen LogP) is 1.63. The number of unbranched alkanes of at least 4 members (excludes halogenated alkanes) is 1. The fraction of sp³-hybridized carbons (Fsp3) is 0.889. The molecule has 1 unspecified atom stereocenters. The van der Waals surface area contributed by atoms with E-state index in [1.54, 1.807) is 0 Å². The Labute approximate surface area is 105 Å². The first-order valence-corrected chi connectivity index (χ1v) is 7.03. The Morgan fingerprint density at radius 3 is 2.28 bits per heavy atom. The van der Waals surface area contributed by atoms with Gasteiger partial charge in [0.15, 0.2) is 0 Å². The molecule has 0 fully saturated rings. The molecular weight excluding hydrogens is 267 g/mol. The van der Waals surface area contributed by atoms with Crippen molar-refractivity contribution in [3.63, 3.8) is 0 Å². The van der Waals surface area contributed by atoms with Crippen LogP contribution in [0.1, 0.15) is 19.8 Å². The van der Waals surface area contributed by atoms with Crippen molar-refractivity contribution in [3.8, 4) is 0 Å². The molecule has 0 radical (unpaired) electrons. The van der Waals surface area contributed by atoms with E-state index < -0.39 is 14.0 Å². The zero-order valence-electron chi connectivity index (χ0n) is 10.2. The van der Waals surface area contributed by atoms with E-state index in [4.69, 9.17) is 14.7 Å². The first-order valence-electron chi connectivity index (χ1n) is 5.53. The largest absolute Gasteiger partial charge is 0.505 e. The van der Waals surface area contributed by atoms with Gasteiger partial charge >= 0.3 is 14.0 Å². The van der Waals surface area contributed by atoms with Crippen molar-refractivity contribution in [2.75, 3.05) is 33.0 Å². The number of rotatable bonds is 11. The fourth-order valence-electron chi connectivity index (χ4n) is 0.879. The lowest BCUT2D eigenvalue weighted by molar-refractivity contribution is 0.0554. The molecule has 8 nitrogen and oxygen atoms in total. The van der Waals surface area contributed by atoms with Crippen molar-refractivity contribution in [2.24, 2.45) is 0 Å². The molecule has 0 aliphatic rings. The quantitative estimate of drug-likeness (QED) is 0.335. The van der Waals surface area contributed by atoms with Gasteiger partial charge in [0.05, 0.1) is 19.8 Å². The summed E-state index contributed by atoms with van der Waals surface area (Å²) >= 11 is 0. The highest BCUT2D eigenvalue weighted by Crippen LogP contribution is 2.42. The zero-order valence-corrected chi connectivity index (χ0v) is 11.1. The summed E-state index contributed by atoms with van der Waals surface area (Å²) in [6.45, 7) is 2.03. The van der Waals surface area contributed by atoms with E-state index in [0.29, 0.717) is 6.61 Å². The van der Waals surface area contributed by atoms with Crippen molar-refractivity contribution in [2.45, 2.75) is 19.8 Å². The van der Waals surface area contributed by atoms with Crippen LogP contribution in [0, 0.1) is 0 Å². The number of phosphoric acid groups is 1. The molecule has 0 spiro atoms. The van der Waals surface area contributed by atoms with Gasteiger partial charge in [-0.1, -0.05) is 13.3 Å². The third-order valence-electron chi connectivity index (χ3n) is 1.69. The summed E-state index contributed by atoms with van der Waals surface area (Å²) < 4.78 is 29.4. The summed E-state index contributed by atoms with van der Waals surface area (Å²) in [6, 6.07) is 0. The molecule has 108 valence electrons. The maximum atomic E-state index is 11.2. The summed E-state index contributed by atoms with van der Waals surface area (Å²) in [5.74, 6) is 0. The van der Waals surface area contributed by atoms with Crippen LogP contribution in [-0.2, 0) is 23.1 Å². The Morgan fingerprint density at radius 2 is 1.72 bits per heavy atom. The van der Waals surface area contributed by atoms with Gasteiger partial charge in [0, 0.05) is 6.61 Å². The molecule has 0 aromatic carbocycles. The lowest BCUT2D eigenvalue weighted by Gasteiger charge is -2.11. The van der Waals surface area contributed by atoms with Crippen LogP contribution in [0.25, 0.3) is 0 Å². The number of ether oxygens (including phenoxy) is 2. The molecule has 0 saturated heterocycles. The summed E-state index contributed by atoms with van der Waals surface area (Å²) in [5, 5.41) is 8.13. The van der Waals surface area contributed by atoms with Crippen molar-refractivity contribution in [1.82, 2.24) is 0 Å². The van der Waals surface area contributed by atoms with Crippen LogP contribution in [0.2, 0.25) is 0 Å². The van der Waals surface area contributed by atoms with Gasteiger partial charge in [0.2, 0.25) is 0 Å². The third kappa shape index (κ3) is 11.8. The topological polar surface area (TPSA) is 112 Å². The highest BCUT2D eigenvalue weighted by atomic mass is 31.2. The molecule has 0 saturated carbocycles. The molecule has 0 aromatic rings. The Hall–Kier alpha value is -0.660. The van der Waals surface area contributed by atoms with Gasteiger partial charge in [-0.15, -0.1) is 0 Å². The average molecular weight is 286 g/mol. The standard InChI is InChI=1S/C9H19O8P/c1-2-3-4-14-5-7-16-18(12,13)17-8-6-15-9(10)11/h2-8H2,1H3,(H,10,11)(H,12,13). The van der Waals surface area contributed by atoms with E-state index >= 15 is 0 Å². The lowest BCUT2D eigenvalue weighted by atomic mass is 10.4. The Balaban J connectivity index is 3.49. The van der Waals surface area contributed by atoms with Crippen molar-refractivity contribution < 1.29 is 37.9 Å². The summed E-state index contributed by atoms with van der Waals surface area (Å²) in [5.41, 5.74) is 0. The molecule has 0 aliphatic heterocycles. The lowest BCUT2D eigenvalue weighted by Crippen LogP contribution is -2.09. The fourth-order valence-corrected chi connectivity index (χ4v) is 1.56. The molecule has 0 bridgehead atoms. The van der Waals surface area contributed by atoms with Crippen LogP contribution < -0.4 is 0 Å². The number of carbonyl (C=O) groups is 1. The molecule has 9 heteroatoms.